The number of hydrogen-bond donors (Lipinski definition) is 2. The van der Waals surface area contributed by atoms with Crippen molar-refractivity contribution in [1.82, 2.24) is 4.90 Å². The van der Waals surface area contributed by atoms with Crippen LogP contribution in [0.3, 0.4) is 0 Å². The number of carbonyl (C=O) groups excluding carboxylic acids is 1. The molecular formula is C54H62N2O10S. The zero-order chi connectivity index (χ0) is 46.6. The molecule has 6 atom stereocenters. The van der Waals surface area contributed by atoms with E-state index in [2.05, 4.69) is 25.3 Å². The van der Waals surface area contributed by atoms with Crippen LogP contribution < -0.4 is 18.9 Å². The first-order chi connectivity index (χ1) is 32.9. The number of ether oxygens (including phenoxy) is 6. The summed E-state index contributed by atoms with van der Waals surface area (Å²) >= 11 is 1.67. The fourth-order valence-electron chi connectivity index (χ4n) is 10.1. The molecule has 67 heavy (non-hydrogen) atoms. The Morgan fingerprint density at radius 1 is 0.881 bits per heavy atom. The molecule has 0 bridgehead atoms. The van der Waals surface area contributed by atoms with E-state index in [4.69, 9.17) is 38.4 Å². The fraction of sp³-hybridized carbons (Fsp3) is 0.407. The van der Waals surface area contributed by atoms with Crippen molar-refractivity contribution < 1.29 is 48.3 Å². The lowest BCUT2D eigenvalue weighted by atomic mass is 9.55. The van der Waals surface area contributed by atoms with Crippen molar-refractivity contribution in [2.24, 2.45) is 22.9 Å². The van der Waals surface area contributed by atoms with Crippen LogP contribution in [0, 0.1) is 17.8 Å². The minimum atomic E-state index is -1.49. The predicted octanol–water partition coefficient (Wildman–Crippen LogP) is 11.0. The number of carbonyl (C=O) groups is 1. The van der Waals surface area contributed by atoms with Crippen molar-refractivity contribution in [2.45, 2.75) is 87.2 Å². The van der Waals surface area contributed by atoms with Gasteiger partial charge in [0.15, 0.2) is 11.5 Å². The highest BCUT2D eigenvalue weighted by molar-refractivity contribution is 7.98. The molecule has 4 aromatic carbocycles. The van der Waals surface area contributed by atoms with Gasteiger partial charge in [0, 0.05) is 42.6 Å². The van der Waals surface area contributed by atoms with Gasteiger partial charge in [0.05, 0.1) is 24.8 Å². The molecule has 2 heterocycles. The molecular weight excluding hydrogens is 869 g/mol. The second-order valence-corrected chi connectivity index (χ2v) is 18.2. The number of benzene rings is 4. The van der Waals surface area contributed by atoms with Crippen LogP contribution in [0.25, 0.3) is 0 Å². The number of aliphatic hydroxyl groups excluding tert-OH is 2. The van der Waals surface area contributed by atoms with Crippen molar-refractivity contribution in [3.63, 3.8) is 0 Å². The maximum Gasteiger partial charge on any atom is 0.410 e. The van der Waals surface area contributed by atoms with Crippen LogP contribution in [0.4, 0.5) is 4.79 Å². The third-order valence-corrected chi connectivity index (χ3v) is 13.9. The van der Waals surface area contributed by atoms with Crippen LogP contribution in [0.2, 0.25) is 0 Å². The summed E-state index contributed by atoms with van der Waals surface area (Å²) in [5.74, 6) is 1.01. The standard InChI is InChI=1S/C54H62N2O10S/c1-4-6-29-60-53(59)56(34-38-18-24-48-49(30-38)62-36-61-48)50-33-46(55-64-35-37-14-8-7-9-15-37)44-31-39(16-10-12-26-57)43(17-11-13-27-58)51-45-32-41(65-40-19-22-42(67-3)23-20-40)21-25-47(45)66-54(50,52(44)51)63-28-5-2/h4-5,7-9,14-15,18-25,30-32,39,43,50-52,57-58H,1-2,6,10-13,16-17,26-29,33-36H2,3H3. The lowest BCUT2D eigenvalue weighted by Crippen LogP contribution is -2.70. The second-order valence-electron chi connectivity index (χ2n) is 17.3. The first-order valence-electron chi connectivity index (χ1n) is 23.4. The van der Waals surface area contributed by atoms with Crippen LogP contribution >= 0.6 is 11.8 Å². The maximum atomic E-state index is 14.9. The van der Waals surface area contributed by atoms with Crippen LogP contribution in [-0.4, -0.2) is 78.2 Å². The molecule has 4 aromatic rings. The highest BCUT2D eigenvalue weighted by Gasteiger charge is 2.65. The molecule has 0 aromatic heterocycles. The van der Waals surface area contributed by atoms with Crippen molar-refractivity contribution in [3.05, 3.63) is 145 Å². The van der Waals surface area contributed by atoms with Gasteiger partial charge in [-0.05, 0) is 121 Å². The highest BCUT2D eigenvalue weighted by atomic mass is 32.2. The van der Waals surface area contributed by atoms with Gasteiger partial charge in [0.1, 0.15) is 29.9 Å². The summed E-state index contributed by atoms with van der Waals surface area (Å²) in [6, 6.07) is 28.7. The van der Waals surface area contributed by atoms with Crippen LogP contribution in [0.15, 0.2) is 138 Å². The number of fused-ring (bicyclic) bond motifs is 3. The molecule has 0 spiro atoms. The summed E-state index contributed by atoms with van der Waals surface area (Å²) < 4.78 is 38.7. The second kappa shape index (κ2) is 22.8. The zero-order valence-electron chi connectivity index (χ0n) is 38.3. The molecule has 8 rings (SSSR count). The number of oxime groups is 1. The topological polar surface area (TPSA) is 138 Å². The summed E-state index contributed by atoms with van der Waals surface area (Å²) in [6.45, 7) is 8.81. The van der Waals surface area contributed by atoms with Gasteiger partial charge in [-0.3, -0.25) is 4.90 Å². The number of rotatable bonds is 23. The van der Waals surface area contributed by atoms with E-state index in [1.807, 2.05) is 91.2 Å². The molecule has 1 saturated carbocycles. The highest BCUT2D eigenvalue weighted by Crippen LogP contribution is 2.62. The average molecular weight is 931 g/mol. The van der Waals surface area contributed by atoms with Crippen LogP contribution in [-0.2, 0) is 27.5 Å². The molecule has 354 valence electrons. The lowest BCUT2D eigenvalue weighted by Gasteiger charge is -2.59. The maximum absolute atomic E-state index is 14.9. The van der Waals surface area contributed by atoms with Gasteiger partial charge < -0.3 is 43.5 Å². The average Bonchev–Trinajstić information content (AvgIpc) is 3.83. The van der Waals surface area contributed by atoms with Gasteiger partial charge in [-0.15, -0.1) is 24.9 Å². The van der Waals surface area contributed by atoms with Crippen molar-refractivity contribution in [1.29, 1.82) is 0 Å². The van der Waals surface area contributed by atoms with E-state index in [-0.39, 0.29) is 70.5 Å². The Morgan fingerprint density at radius 3 is 2.40 bits per heavy atom. The van der Waals surface area contributed by atoms with Gasteiger partial charge in [-0.1, -0.05) is 72.6 Å². The molecule has 4 aliphatic rings. The predicted molar refractivity (Wildman–Crippen MR) is 259 cm³/mol. The van der Waals surface area contributed by atoms with Crippen LogP contribution in [0.1, 0.15) is 74.0 Å². The number of thioether (sulfide) groups is 1. The third kappa shape index (κ3) is 10.9. The Bertz CT molecular complexity index is 2370. The Morgan fingerprint density at radius 2 is 1.64 bits per heavy atom. The monoisotopic (exact) mass is 930 g/mol. The fourth-order valence-corrected chi connectivity index (χ4v) is 10.5. The van der Waals surface area contributed by atoms with Crippen molar-refractivity contribution in [2.75, 3.05) is 39.5 Å². The van der Waals surface area contributed by atoms with Gasteiger partial charge in [0.2, 0.25) is 12.6 Å². The largest absolute Gasteiger partial charge is 0.459 e. The van der Waals surface area contributed by atoms with E-state index in [1.165, 1.54) is 0 Å². The smallest absolute Gasteiger partial charge is 0.410 e. The Kier molecular flexibility index (Phi) is 16.3. The molecule has 1 fully saturated rings. The number of aliphatic hydroxyl groups is 2. The minimum absolute atomic E-state index is 0.0246. The van der Waals surface area contributed by atoms with E-state index in [0.29, 0.717) is 53.7 Å². The van der Waals surface area contributed by atoms with Gasteiger partial charge in [0.25, 0.3) is 0 Å². The van der Waals surface area contributed by atoms with Crippen LogP contribution in [0.5, 0.6) is 28.7 Å². The summed E-state index contributed by atoms with van der Waals surface area (Å²) in [5, 5.41) is 25.1. The molecule has 13 heteroatoms. The van der Waals surface area contributed by atoms with Crippen molar-refractivity contribution in [3.8, 4) is 28.7 Å². The molecule has 2 aliphatic heterocycles. The summed E-state index contributed by atoms with van der Waals surface area (Å²) in [7, 11) is 0. The molecule has 12 nitrogen and oxygen atoms in total. The minimum Gasteiger partial charge on any atom is -0.459 e. The third-order valence-electron chi connectivity index (χ3n) is 13.1. The van der Waals surface area contributed by atoms with Gasteiger partial charge in [-0.25, -0.2) is 4.79 Å². The SMILES string of the molecule is C=CCCOC(=O)N(Cc1ccc2c(c1)OCO2)C1CC(=NOCc2ccccc2)C2=CC(CCCCO)C(CCCCO)C3c4cc(Oc5ccc(SC)cc5)ccc4OC1(OCC=C)C23. The van der Waals surface area contributed by atoms with E-state index < -0.39 is 23.8 Å². The van der Waals surface area contributed by atoms with E-state index in [1.54, 1.807) is 28.8 Å². The summed E-state index contributed by atoms with van der Waals surface area (Å²) in [5.41, 5.74) is 4.31. The van der Waals surface area contributed by atoms with Gasteiger partial charge in [-0.2, -0.15) is 0 Å². The molecule has 2 N–H and O–H groups in total. The molecule has 0 radical (unpaired) electrons. The quantitative estimate of drug-likeness (QED) is 0.0318. The first kappa shape index (κ1) is 47.8. The first-order valence-corrected chi connectivity index (χ1v) is 24.6. The summed E-state index contributed by atoms with van der Waals surface area (Å²) in [6.07, 6.45) is 12.4. The normalized spacial score (nSPS) is 22.7. The number of nitrogens with zero attached hydrogens (tertiary/aromatic N) is 2. The molecule has 0 saturated heterocycles. The van der Waals surface area contributed by atoms with Crippen molar-refractivity contribution >= 4 is 23.6 Å². The Labute approximate surface area is 398 Å². The van der Waals surface area contributed by atoms with E-state index in [0.717, 1.165) is 52.8 Å². The molecule has 1 amide bonds. The number of allylic oxidation sites excluding steroid dienone is 1. The lowest BCUT2D eigenvalue weighted by molar-refractivity contribution is -0.256. The molecule has 6 unspecified atom stereocenters. The van der Waals surface area contributed by atoms with E-state index >= 15 is 0 Å². The molecule has 2 aliphatic carbocycles. The number of amides is 1. The van der Waals surface area contributed by atoms with Gasteiger partial charge >= 0.3 is 6.09 Å². The number of unbranched alkanes of at least 4 members (excludes halogenated alkanes) is 2. The van der Waals surface area contributed by atoms with E-state index in [9.17, 15) is 15.0 Å². The zero-order valence-corrected chi connectivity index (χ0v) is 39.1. The Balaban J connectivity index is 1.33. The number of hydrogen-bond acceptors (Lipinski definition) is 12. The summed E-state index contributed by atoms with van der Waals surface area (Å²) in [4.78, 5) is 24.0. The Hall–Kier alpha value is -5.73.